The lowest BCUT2D eigenvalue weighted by Crippen LogP contribution is -2.29. The summed E-state index contributed by atoms with van der Waals surface area (Å²) in [6, 6.07) is 8.58. The maximum atomic E-state index is 13.6. The number of carbonyl (C=O) groups excluding carboxylic acids is 3. The molecule has 0 radical (unpaired) electrons. The third kappa shape index (κ3) is 4.49. The highest BCUT2D eigenvalue weighted by Crippen LogP contribution is 2.48. The molecule has 0 spiro atoms. The zero-order chi connectivity index (χ0) is 28.6. The number of amides is 1. The highest BCUT2D eigenvalue weighted by atomic mass is 32.1. The fraction of sp³-hybridized carbons (Fsp3) is 0.286. The van der Waals surface area contributed by atoms with Gasteiger partial charge in [-0.2, -0.15) is 0 Å². The van der Waals surface area contributed by atoms with Crippen molar-refractivity contribution in [2.75, 3.05) is 38.9 Å². The molecule has 12 heteroatoms. The van der Waals surface area contributed by atoms with Crippen LogP contribution in [0.5, 0.6) is 23.0 Å². The van der Waals surface area contributed by atoms with Crippen molar-refractivity contribution in [3.8, 4) is 23.0 Å². The molecule has 1 amide bonds. The van der Waals surface area contributed by atoms with E-state index in [1.165, 1.54) is 14.2 Å². The summed E-state index contributed by atoms with van der Waals surface area (Å²) in [5, 5.41) is 11.6. The van der Waals surface area contributed by atoms with Gasteiger partial charge in [0, 0.05) is 11.1 Å². The van der Waals surface area contributed by atoms with Gasteiger partial charge in [-0.3, -0.25) is 14.5 Å². The number of aromatic nitrogens is 1. The van der Waals surface area contributed by atoms with Gasteiger partial charge in [-0.05, 0) is 38.1 Å². The first-order chi connectivity index (χ1) is 19.3. The Balaban J connectivity index is 1.73. The summed E-state index contributed by atoms with van der Waals surface area (Å²) in [4.78, 5) is 45.5. The van der Waals surface area contributed by atoms with Crippen LogP contribution in [-0.4, -0.2) is 61.8 Å². The van der Waals surface area contributed by atoms with Crippen molar-refractivity contribution in [3.63, 3.8) is 0 Å². The maximum absolute atomic E-state index is 13.6. The van der Waals surface area contributed by atoms with Crippen LogP contribution in [0.3, 0.4) is 0 Å². The Hall–Kier alpha value is -4.58. The molecule has 0 bridgehead atoms. The fourth-order valence-electron chi connectivity index (χ4n) is 4.67. The molecule has 11 nitrogen and oxygen atoms in total. The minimum absolute atomic E-state index is 0.0822. The highest BCUT2D eigenvalue weighted by molar-refractivity contribution is 7.17. The van der Waals surface area contributed by atoms with E-state index in [1.807, 2.05) is 0 Å². The molecule has 2 aliphatic rings. The van der Waals surface area contributed by atoms with Gasteiger partial charge in [0.25, 0.3) is 5.78 Å². The van der Waals surface area contributed by atoms with Crippen molar-refractivity contribution in [3.05, 3.63) is 63.7 Å². The molecule has 1 unspecified atom stereocenters. The molecule has 3 heterocycles. The first kappa shape index (κ1) is 27.0. The van der Waals surface area contributed by atoms with E-state index < -0.39 is 29.5 Å². The number of fused-ring (bicyclic) bond motifs is 1. The van der Waals surface area contributed by atoms with Crippen LogP contribution in [0.2, 0.25) is 0 Å². The third-order valence-electron chi connectivity index (χ3n) is 6.44. The molecule has 0 saturated carbocycles. The lowest BCUT2D eigenvalue weighted by Gasteiger charge is -2.25. The molecule has 1 atom stereocenters. The second kappa shape index (κ2) is 10.9. The molecule has 1 aromatic heterocycles. The maximum Gasteiger partial charge on any atom is 0.350 e. The minimum atomic E-state index is -1.17. The standard InChI is InChI=1S/C28H26N2O9S/c1-5-37-27(34)25-14(2)29-28(40-25)30-21(16-7-6-8-18(35-3)24(16)36-4)20(23(32)26(30)33)22(31)15-9-10-17-19(13-15)39-12-11-38-17/h6-10,13,21,31H,5,11-12H2,1-4H3/b22-20+. The Morgan fingerprint density at radius 3 is 2.58 bits per heavy atom. The first-order valence-corrected chi connectivity index (χ1v) is 13.2. The third-order valence-corrected chi connectivity index (χ3v) is 7.58. The summed E-state index contributed by atoms with van der Waals surface area (Å²) in [5.41, 5.74) is 0.754. The number of thiazole rings is 1. The molecular formula is C28H26N2O9S. The number of Topliss-reactive ketones (excluding diaryl/α,β-unsaturated/α-hetero) is 1. The number of anilines is 1. The Kier molecular flexibility index (Phi) is 7.35. The molecule has 0 aliphatic carbocycles. The van der Waals surface area contributed by atoms with Gasteiger partial charge in [0.1, 0.15) is 29.9 Å². The Morgan fingerprint density at radius 1 is 1.12 bits per heavy atom. The number of benzene rings is 2. The monoisotopic (exact) mass is 566 g/mol. The molecule has 1 N–H and O–H groups in total. The van der Waals surface area contributed by atoms with Crippen LogP contribution in [0.25, 0.3) is 5.76 Å². The first-order valence-electron chi connectivity index (χ1n) is 12.4. The van der Waals surface area contributed by atoms with E-state index in [1.54, 1.807) is 50.2 Å². The second-order valence-electron chi connectivity index (χ2n) is 8.74. The van der Waals surface area contributed by atoms with Gasteiger partial charge in [-0.15, -0.1) is 0 Å². The lowest BCUT2D eigenvalue weighted by atomic mass is 9.94. The number of aliphatic hydroxyl groups is 1. The van der Waals surface area contributed by atoms with Crippen LogP contribution in [0, 0.1) is 6.92 Å². The number of esters is 1. The molecule has 1 saturated heterocycles. The largest absolute Gasteiger partial charge is 0.507 e. The van der Waals surface area contributed by atoms with E-state index in [0.717, 1.165) is 16.2 Å². The number of aliphatic hydroxyl groups excluding tert-OH is 1. The molecule has 40 heavy (non-hydrogen) atoms. The zero-order valence-corrected chi connectivity index (χ0v) is 23.0. The number of hydrogen-bond acceptors (Lipinski definition) is 11. The summed E-state index contributed by atoms with van der Waals surface area (Å²) in [5.74, 6) is -1.38. The number of methoxy groups -OCH3 is 2. The summed E-state index contributed by atoms with van der Waals surface area (Å²) in [6.07, 6.45) is 0. The molecule has 3 aromatic rings. The van der Waals surface area contributed by atoms with E-state index in [-0.39, 0.29) is 33.5 Å². The Labute approximate surface area is 233 Å². The van der Waals surface area contributed by atoms with E-state index in [0.29, 0.717) is 41.7 Å². The Bertz CT molecular complexity index is 1540. The van der Waals surface area contributed by atoms with Gasteiger partial charge in [0.15, 0.2) is 28.1 Å². The lowest BCUT2D eigenvalue weighted by molar-refractivity contribution is -0.132. The normalized spacial score (nSPS) is 17.6. The number of carbonyl (C=O) groups is 3. The number of rotatable bonds is 7. The van der Waals surface area contributed by atoms with Gasteiger partial charge in [-0.1, -0.05) is 23.5 Å². The smallest absolute Gasteiger partial charge is 0.350 e. The number of para-hydroxylation sites is 1. The predicted octanol–water partition coefficient (Wildman–Crippen LogP) is 4.04. The van der Waals surface area contributed by atoms with Crippen LogP contribution in [-0.2, 0) is 14.3 Å². The van der Waals surface area contributed by atoms with Crippen molar-refractivity contribution >= 4 is 39.9 Å². The molecule has 1 fully saturated rings. The summed E-state index contributed by atoms with van der Waals surface area (Å²) < 4.78 is 27.4. The van der Waals surface area contributed by atoms with Crippen molar-refractivity contribution < 1.29 is 43.2 Å². The average molecular weight is 567 g/mol. The SMILES string of the molecule is CCOC(=O)c1sc(N2C(=O)C(=O)/C(=C(/O)c3ccc4c(c3)OCCO4)C2c2cccc(OC)c2OC)nc1C. The molecule has 208 valence electrons. The number of hydrogen-bond donors (Lipinski definition) is 1. The zero-order valence-electron chi connectivity index (χ0n) is 22.2. The summed E-state index contributed by atoms with van der Waals surface area (Å²) in [6.45, 7) is 4.17. The van der Waals surface area contributed by atoms with Crippen molar-refractivity contribution in [1.29, 1.82) is 0 Å². The number of ketones is 1. The van der Waals surface area contributed by atoms with Crippen LogP contribution >= 0.6 is 11.3 Å². The number of ether oxygens (including phenoxy) is 5. The Morgan fingerprint density at radius 2 is 1.88 bits per heavy atom. The van der Waals surface area contributed by atoms with Crippen molar-refractivity contribution in [1.82, 2.24) is 4.98 Å². The average Bonchev–Trinajstić information content (AvgIpc) is 3.48. The second-order valence-corrected chi connectivity index (χ2v) is 9.72. The highest BCUT2D eigenvalue weighted by Gasteiger charge is 2.49. The molecule has 2 aromatic carbocycles. The summed E-state index contributed by atoms with van der Waals surface area (Å²) >= 11 is 0.915. The van der Waals surface area contributed by atoms with Crippen molar-refractivity contribution in [2.24, 2.45) is 0 Å². The van der Waals surface area contributed by atoms with E-state index in [4.69, 9.17) is 23.7 Å². The summed E-state index contributed by atoms with van der Waals surface area (Å²) in [7, 11) is 2.89. The van der Waals surface area contributed by atoms with Gasteiger partial charge < -0.3 is 28.8 Å². The topological polar surface area (TPSA) is 134 Å². The van der Waals surface area contributed by atoms with Gasteiger partial charge >= 0.3 is 11.9 Å². The predicted molar refractivity (Wildman–Crippen MR) is 145 cm³/mol. The molecule has 2 aliphatic heterocycles. The number of aryl methyl sites for hydroxylation is 1. The van der Waals surface area contributed by atoms with Crippen LogP contribution < -0.4 is 23.8 Å². The van der Waals surface area contributed by atoms with Crippen molar-refractivity contribution in [2.45, 2.75) is 19.9 Å². The van der Waals surface area contributed by atoms with Gasteiger partial charge in [-0.25, -0.2) is 9.78 Å². The van der Waals surface area contributed by atoms with Crippen LogP contribution in [0.1, 0.15) is 39.5 Å². The van der Waals surface area contributed by atoms with Gasteiger partial charge in [0.2, 0.25) is 0 Å². The molecule has 5 rings (SSSR count). The van der Waals surface area contributed by atoms with Crippen LogP contribution in [0.15, 0.2) is 42.0 Å². The van der Waals surface area contributed by atoms with E-state index >= 15 is 0 Å². The minimum Gasteiger partial charge on any atom is -0.507 e. The van der Waals surface area contributed by atoms with Crippen LogP contribution in [0.4, 0.5) is 5.13 Å². The van der Waals surface area contributed by atoms with E-state index in [9.17, 15) is 19.5 Å². The fourth-order valence-corrected chi connectivity index (χ4v) is 5.66. The molecular weight excluding hydrogens is 540 g/mol. The quantitative estimate of drug-likeness (QED) is 0.193. The number of nitrogens with zero attached hydrogens (tertiary/aromatic N) is 2. The van der Waals surface area contributed by atoms with E-state index in [2.05, 4.69) is 4.98 Å². The van der Waals surface area contributed by atoms with Gasteiger partial charge in [0.05, 0.1) is 32.1 Å².